The van der Waals surface area contributed by atoms with E-state index in [1.54, 1.807) is 12.3 Å². The molecule has 0 aliphatic heterocycles. The number of nitrogens with zero attached hydrogens (tertiary/aromatic N) is 2. The zero-order valence-electron chi connectivity index (χ0n) is 13.6. The fraction of sp³-hybridized carbons (Fsp3) is 0.158. The highest BCUT2D eigenvalue weighted by Crippen LogP contribution is 2.22. The maximum Gasteiger partial charge on any atom is 0.225 e. The quantitative estimate of drug-likeness (QED) is 0.757. The minimum absolute atomic E-state index is 0.140. The van der Waals surface area contributed by atoms with E-state index in [1.807, 2.05) is 48.1 Å². The van der Waals surface area contributed by atoms with Gasteiger partial charge in [-0.2, -0.15) is 0 Å². The van der Waals surface area contributed by atoms with Crippen molar-refractivity contribution >= 4 is 17.5 Å². The Balaban J connectivity index is 1.86. The Labute approximate surface area is 150 Å². The van der Waals surface area contributed by atoms with Gasteiger partial charge in [0.2, 0.25) is 5.91 Å². The van der Waals surface area contributed by atoms with Crippen molar-refractivity contribution in [3.05, 3.63) is 88.7 Å². The second-order valence-electron chi connectivity index (χ2n) is 5.68. The SMILES string of the molecule is Cn1ccnc1[C@@H](NC(=O)Cc1c(F)cccc1Cl)c1ccccc1. The topological polar surface area (TPSA) is 46.9 Å². The van der Waals surface area contributed by atoms with Crippen molar-refractivity contribution in [1.29, 1.82) is 0 Å². The lowest BCUT2D eigenvalue weighted by atomic mass is 10.0. The Hall–Kier alpha value is -2.66. The number of halogens is 2. The average Bonchev–Trinajstić information content (AvgIpc) is 3.03. The van der Waals surface area contributed by atoms with Crippen molar-refractivity contribution in [3.63, 3.8) is 0 Å². The molecule has 0 fully saturated rings. The van der Waals surface area contributed by atoms with E-state index in [0.717, 1.165) is 5.56 Å². The third-order valence-corrected chi connectivity index (χ3v) is 4.31. The van der Waals surface area contributed by atoms with Crippen LogP contribution in [0.5, 0.6) is 0 Å². The van der Waals surface area contributed by atoms with Crippen LogP contribution in [0.4, 0.5) is 4.39 Å². The highest BCUT2D eigenvalue weighted by atomic mass is 35.5. The number of hydrogen-bond acceptors (Lipinski definition) is 2. The van der Waals surface area contributed by atoms with Crippen molar-refractivity contribution in [1.82, 2.24) is 14.9 Å². The Kier molecular flexibility index (Phi) is 5.14. The van der Waals surface area contributed by atoms with E-state index in [1.165, 1.54) is 12.1 Å². The number of rotatable bonds is 5. The molecule has 6 heteroatoms. The molecule has 0 saturated heterocycles. The number of amides is 1. The third-order valence-electron chi connectivity index (χ3n) is 3.95. The highest BCUT2D eigenvalue weighted by Gasteiger charge is 2.21. The number of carbonyl (C=O) groups excluding carboxylic acids is 1. The molecular formula is C19H17ClFN3O. The van der Waals surface area contributed by atoms with E-state index in [-0.39, 0.29) is 22.9 Å². The lowest BCUT2D eigenvalue weighted by molar-refractivity contribution is -0.121. The summed E-state index contributed by atoms with van der Waals surface area (Å²) in [7, 11) is 1.86. The summed E-state index contributed by atoms with van der Waals surface area (Å²) in [6.07, 6.45) is 3.34. The fourth-order valence-electron chi connectivity index (χ4n) is 2.67. The van der Waals surface area contributed by atoms with E-state index in [0.29, 0.717) is 5.82 Å². The van der Waals surface area contributed by atoms with Gasteiger partial charge in [0.1, 0.15) is 17.7 Å². The second kappa shape index (κ2) is 7.49. The lowest BCUT2D eigenvalue weighted by Gasteiger charge is -2.19. The Morgan fingerprint density at radius 3 is 2.64 bits per heavy atom. The van der Waals surface area contributed by atoms with Crippen LogP contribution in [0.3, 0.4) is 0 Å². The summed E-state index contributed by atoms with van der Waals surface area (Å²) in [6, 6.07) is 13.5. The number of nitrogens with one attached hydrogen (secondary N) is 1. The van der Waals surface area contributed by atoms with Crippen LogP contribution in [0.1, 0.15) is 23.0 Å². The number of hydrogen-bond donors (Lipinski definition) is 1. The molecule has 3 aromatic rings. The van der Waals surface area contributed by atoms with Gasteiger partial charge in [0, 0.05) is 30.0 Å². The molecule has 0 unspecified atom stereocenters. The number of aromatic nitrogens is 2. The molecule has 1 heterocycles. The molecule has 0 saturated carbocycles. The van der Waals surface area contributed by atoms with Crippen LogP contribution >= 0.6 is 11.6 Å². The van der Waals surface area contributed by atoms with E-state index >= 15 is 0 Å². The average molecular weight is 358 g/mol. The molecule has 0 spiro atoms. The molecular weight excluding hydrogens is 341 g/mol. The molecule has 4 nitrogen and oxygen atoms in total. The second-order valence-corrected chi connectivity index (χ2v) is 6.09. The summed E-state index contributed by atoms with van der Waals surface area (Å²) in [5.41, 5.74) is 1.08. The summed E-state index contributed by atoms with van der Waals surface area (Å²) in [4.78, 5) is 16.9. The number of imidazole rings is 1. The first-order chi connectivity index (χ1) is 12.1. The van der Waals surface area contributed by atoms with E-state index in [2.05, 4.69) is 10.3 Å². The number of benzene rings is 2. The summed E-state index contributed by atoms with van der Waals surface area (Å²) in [5, 5.41) is 3.17. The molecule has 0 bridgehead atoms. The van der Waals surface area contributed by atoms with Gasteiger partial charge in [-0.1, -0.05) is 48.0 Å². The van der Waals surface area contributed by atoms with Crippen LogP contribution in [-0.4, -0.2) is 15.5 Å². The lowest BCUT2D eigenvalue weighted by Crippen LogP contribution is -2.32. The molecule has 1 amide bonds. The summed E-state index contributed by atoms with van der Waals surface area (Å²) < 4.78 is 15.8. The summed E-state index contributed by atoms with van der Waals surface area (Å²) >= 11 is 6.02. The predicted molar refractivity (Wildman–Crippen MR) is 94.7 cm³/mol. The number of carbonyl (C=O) groups is 1. The van der Waals surface area contributed by atoms with Crippen molar-refractivity contribution in [2.75, 3.05) is 0 Å². The molecule has 2 aromatic carbocycles. The van der Waals surface area contributed by atoms with E-state index in [4.69, 9.17) is 11.6 Å². The Morgan fingerprint density at radius 1 is 1.24 bits per heavy atom. The maximum atomic E-state index is 13.9. The van der Waals surface area contributed by atoms with Crippen LogP contribution in [0.15, 0.2) is 60.9 Å². The van der Waals surface area contributed by atoms with Crippen molar-refractivity contribution in [2.45, 2.75) is 12.5 Å². The first-order valence-corrected chi connectivity index (χ1v) is 8.18. The van der Waals surface area contributed by atoms with Gasteiger partial charge in [-0.25, -0.2) is 9.37 Å². The van der Waals surface area contributed by atoms with Gasteiger partial charge >= 0.3 is 0 Å². The van der Waals surface area contributed by atoms with Gasteiger partial charge in [0.05, 0.1) is 6.42 Å². The first-order valence-electron chi connectivity index (χ1n) is 7.80. The van der Waals surface area contributed by atoms with Gasteiger partial charge in [-0.15, -0.1) is 0 Å². The molecule has 0 aliphatic rings. The molecule has 25 heavy (non-hydrogen) atoms. The molecule has 1 atom stereocenters. The minimum atomic E-state index is -0.490. The van der Waals surface area contributed by atoms with E-state index in [9.17, 15) is 9.18 Å². The minimum Gasteiger partial charge on any atom is -0.342 e. The fourth-order valence-corrected chi connectivity index (χ4v) is 2.90. The summed E-state index contributed by atoms with van der Waals surface area (Å²) in [5.74, 6) is -0.126. The maximum absolute atomic E-state index is 13.9. The van der Waals surface area contributed by atoms with Crippen LogP contribution in [-0.2, 0) is 18.3 Å². The standard InChI is InChI=1S/C19H17ClFN3O/c1-24-11-10-22-19(24)18(13-6-3-2-4-7-13)23-17(25)12-14-15(20)8-5-9-16(14)21/h2-11,18H,12H2,1H3,(H,23,25)/t18-/m0/s1. The van der Waals surface area contributed by atoms with E-state index < -0.39 is 11.9 Å². The largest absolute Gasteiger partial charge is 0.342 e. The third kappa shape index (κ3) is 3.88. The summed E-state index contributed by atoms with van der Waals surface area (Å²) in [6.45, 7) is 0. The molecule has 1 aromatic heterocycles. The smallest absolute Gasteiger partial charge is 0.225 e. The van der Waals surface area contributed by atoms with Gasteiger partial charge in [-0.3, -0.25) is 4.79 Å². The number of aryl methyl sites for hydroxylation is 1. The molecule has 1 N–H and O–H groups in total. The highest BCUT2D eigenvalue weighted by molar-refractivity contribution is 6.31. The van der Waals surface area contributed by atoms with Crippen molar-refractivity contribution in [3.8, 4) is 0 Å². The molecule has 128 valence electrons. The normalized spacial score (nSPS) is 12.0. The van der Waals surface area contributed by atoms with Gasteiger partial charge in [-0.05, 0) is 17.7 Å². The zero-order chi connectivity index (χ0) is 17.8. The Morgan fingerprint density at radius 2 is 2.00 bits per heavy atom. The van der Waals surface area contributed by atoms with Gasteiger partial charge in [0.25, 0.3) is 0 Å². The van der Waals surface area contributed by atoms with Gasteiger partial charge < -0.3 is 9.88 Å². The van der Waals surface area contributed by atoms with Crippen LogP contribution < -0.4 is 5.32 Å². The van der Waals surface area contributed by atoms with Gasteiger partial charge in [0.15, 0.2) is 0 Å². The zero-order valence-corrected chi connectivity index (χ0v) is 14.4. The first kappa shape index (κ1) is 17.2. The monoisotopic (exact) mass is 357 g/mol. The Bertz CT molecular complexity index is 859. The molecule has 3 rings (SSSR count). The predicted octanol–water partition coefficient (Wildman–Crippen LogP) is 3.66. The van der Waals surface area contributed by atoms with Crippen molar-refractivity contribution in [2.24, 2.45) is 7.05 Å². The van der Waals surface area contributed by atoms with Crippen LogP contribution in [0, 0.1) is 5.82 Å². The van der Waals surface area contributed by atoms with Crippen LogP contribution in [0.2, 0.25) is 5.02 Å². The van der Waals surface area contributed by atoms with Crippen molar-refractivity contribution < 1.29 is 9.18 Å². The van der Waals surface area contributed by atoms with Crippen LogP contribution in [0.25, 0.3) is 0 Å². The molecule has 0 radical (unpaired) electrons. The molecule has 0 aliphatic carbocycles.